The Bertz CT molecular complexity index is 830. The molecule has 0 aliphatic rings. The molecule has 104 valence electrons. The number of thiophene rings is 1. The zero-order chi connectivity index (χ0) is 14.7. The Morgan fingerprint density at radius 2 is 1.50 bits per heavy atom. The predicted octanol–water partition coefficient (Wildman–Crippen LogP) is 5.49. The van der Waals surface area contributed by atoms with Gasteiger partial charge in [-0.15, -0.1) is 11.3 Å². The summed E-state index contributed by atoms with van der Waals surface area (Å²) in [5.74, 6) is -5.65. The van der Waals surface area contributed by atoms with E-state index in [2.05, 4.69) is 0 Å². The van der Waals surface area contributed by atoms with Crippen molar-refractivity contribution >= 4 is 31.5 Å². The van der Waals surface area contributed by atoms with Gasteiger partial charge in [-0.25, -0.2) is 13.2 Å². The third-order valence-corrected chi connectivity index (χ3v) is 4.09. The van der Waals surface area contributed by atoms with Crippen molar-refractivity contribution in [2.75, 3.05) is 0 Å². The molecular formula is C13H4F6S. The Hall–Kier alpha value is -1.76. The number of rotatable bonds is 0. The SMILES string of the molecule is Fc1c(C(F)(F)F)c(F)c2c(sc3ccccc32)c1F. The van der Waals surface area contributed by atoms with Crippen molar-refractivity contribution in [1.29, 1.82) is 0 Å². The average molecular weight is 306 g/mol. The first-order valence-electron chi connectivity index (χ1n) is 5.37. The monoisotopic (exact) mass is 306 g/mol. The van der Waals surface area contributed by atoms with Crippen LogP contribution >= 0.6 is 11.3 Å². The van der Waals surface area contributed by atoms with Crippen LogP contribution in [0.4, 0.5) is 26.3 Å². The molecule has 0 atom stereocenters. The van der Waals surface area contributed by atoms with Crippen LogP contribution in [0.1, 0.15) is 5.56 Å². The Kier molecular flexibility index (Phi) is 2.72. The molecule has 3 aromatic rings. The van der Waals surface area contributed by atoms with E-state index in [1.165, 1.54) is 18.2 Å². The summed E-state index contributed by atoms with van der Waals surface area (Å²) in [5, 5.41) is -0.397. The van der Waals surface area contributed by atoms with Gasteiger partial charge in [0, 0.05) is 15.5 Å². The summed E-state index contributed by atoms with van der Waals surface area (Å²) in [6, 6.07) is 5.94. The van der Waals surface area contributed by atoms with Crippen LogP contribution in [0.3, 0.4) is 0 Å². The van der Waals surface area contributed by atoms with E-state index in [9.17, 15) is 26.3 Å². The molecule has 7 heteroatoms. The van der Waals surface area contributed by atoms with Crippen molar-refractivity contribution in [3.63, 3.8) is 0 Å². The second-order valence-electron chi connectivity index (χ2n) is 4.12. The highest BCUT2D eigenvalue weighted by Crippen LogP contribution is 2.43. The molecular weight excluding hydrogens is 302 g/mol. The molecule has 0 nitrogen and oxygen atoms in total. The molecule has 0 aliphatic heterocycles. The van der Waals surface area contributed by atoms with E-state index >= 15 is 0 Å². The molecule has 2 aromatic carbocycles. The number of hydrogen-bond acceptors (Lipinski definition) is 1. The topological polar surface area (TPSA) is 0 Å². The summed E-state index contributed by atoms with van der Waals surface area (Å²) in [5.41, 5.74) is -2.19. The first-order chi connectivity index (χ1) is 9.32. The molecule has 0 fully saturated rings. The highest BCUT2D eigenvalue weighted by Gasteiger charge is 2.41. The minimum absolute atomic E-state index is 0.134. The van der Waals surface area contributed by atoms with E-state index < -0.39 is 39.3 Å². The molecule has 0 N–H and O–H groups in total. The molecule has 0 aliphatic carbocycles. The second kappa shape index (κ2) is 4.12. The molecule has 0 unspecified atom stereocenters. The van der Waals surface area contributed by atoms with Crippen LogP contribution in [0.5, 0.6) is 0 Å². The Balaban J connectivity index is 2.60. The lowest BCUT2D eigenvalue weighted by Gasteiger charge is -2.10. The molecule has 0 saturated carbocycles. The number of halogens is 6. The predicted molar refractivity (Wildman–Crippen MR) is 64.2 cm³/mol. The fourth-order valence-corrected chi connectivity index (χ4v) is 3.23. The van der Waals surface area contributed by atoms with E-state index in [0.29, 0.717) is 16.0 Å². The minimum Gasteiger partial charge on any atom is -0.205 e. The standard InChI is InChI=1S/C13H4F6S/c14-9-7-5-3-1-2-4-6(5)20-12(7)11(16)10(15)8(9)13(17,18)19/h1-4H. The quantitative estimate of drug-likeness (QED) is 0.380. The first-order valence-corrected chi connectivity index (χ1v) is 6.19. The third-order valence-electron chi connectivity index (χ3n) is 2.93. The van der Waals surface area contributed by atoms with E-state index in [1.54, 1.807) is 6.07 Å². The van der Waals surface area contributed by atoms with Crippen molar-refractivity contribution in [3.05, 3.63) is 47.3 Å². The molecule has 1 aromatic heterocycles. The van der Waals surface area contributed by atoms with Crippen molar-refractivity contribution < 1.29 is 26.3 Å². The van der Waals surface area contributed by atoms with Gasteiger partial charge in [0.05, 0.1) is 4.70 Å². The maximum Gasteiger partial charge on any atom is 0.422 e. The number of benzene rings is 2. The first kappa shape index (κ1) is 13.2. The van der Waals surface area contributed by atoms with Gasteiger partial charge >= 0.3 is 6.18 Å². The van der Waals surface area contributed by atoms with Crippen LogP contribution in [0.15, 0.2) is 24.3 Å². The van der Waals surface area contributed by atoms with Crippen LogP contribution in [-0.2, 0) is 6.18 Å². The normalized spacial score (nSPS) is 12.5. The van der Waals surface area contributed by atoms with Crippen LogP contribution in [0.2, 0.25) is 0 Å². The van der Waals surface area contributed by atoms with Crippen LogP contribution in [0, 0.1) is 17.5 Å². The minimum atomic E-state index is -5.30. The van der Waals surface area contributed by atoms with Crippen LogP contribution in [0.25, 0.3) is 20.2 Å². The molecule has 0 radical (unpaired) electrons. The van der Waals surface area contributed by atoms with Gasteiger partial charge < -0.3 is 0 Å². The summed E-state index contributed by atoms with van der Waals surface area (Å²) >= 11 is 0.714. The zero-order valence-electron chi connectivity index (χ0n) is 9.49. The molecule has 3 rings (SSSR count). The number of alkyl halides is 3. The largest absolute Gasteiger partial charge is 0.422 e. The van der Waals surface area contributed by atoms with E-state index in [4.69, 9.17) is 0 Å². The van der Waals surface area contributed by atoms with Gasteiger partial charge in [-0.3, -0.25) is 0 Å². The van der Waals surface area contributed by atoms with E-state index in [0.717, 1.165) is 0 Å². The van der Waals surface area contributed by atoms with E-state index in [1.807, 2.05) is 0 Å². The van der Waals surface area contributed by atoms with E-state index in [-0.39, 0.29) is 5.39 Å². The van der Waals surface area contributed by atoms with Crippen LogP contribution < -0.4 is 0 Å². The van der Waals surface area contributed by atoms with Gasteiger partial charge in [-0.1, -0.05) is 18.2 Å². The van der Waals surface area contributed by atoms with Gasteiger partial charge in [0.2, 0.25) is 0 Å². The van der Waals surface area contributed by atoms with Gasteiger partial charge in [0.15, 0.2) is 11.6 Å². The summed E-state index contributed by atoms with van der Waals surface area (Å²) in [6.07, 6.45) is -5.30. The molecule has 0 bridgehead atoms. The second-order valence-corrected chi connectivity index (χ2v) is 5.17. The lowest BCUT2D eigenvalue weighted by molar-refractivity contribution is -0.142. The molecule has 0 saturated heterocycles. The number of hydrogen-bond donors (Lipinski definition) is 0. The van der Waals surface area contributed by atoms with Gasteiger partial charge in [0.1, 0.15) is 11.4 Å². The highest BCUT2D eigenvalue weighted by atomic mass is 32.1. The summed E-state index contributed by atoms with van der Waals surface area (Å²) < 4.78 is 79.3. The maximum atomic E-state index is 14.0. The maximum absolute atomic E-state index is 14.0. The lowest BCUT2D eigenvalue weighted by atomic mass is 10.1. The summed E-state index contributed by atoms with van der Waals surface area (Å²) in [4.78, 5) is 0. The Morgan fingerprint density at radius 3 is 2.15 bits per heavy atom. The van der Waals surface area contributed by atoms with Crippen molar-refractivity contribution in [1.82, 2.24) is 0 Å². The Labute approximate surface area is 112 Å². The fourth-order valence-electron chi connectivity index (χ4n) is 2.10. The van der Waals surface area contributed by atoms with Gasteiger partial charge in [0.25, 0.3) is 0 Å². The zero-order valence-corrected chi connectivity index (χ0v) is 10.3. The van der Waals surface area contributed by atoms with Crippen LogP contribution in [-0.4, -0.2) is 0 Å². The number of fused-ring (bicyclic) bond motifs is 3. The molecule has 0 amide bonds. The molecule has 0 spiro atoms. The summed E-state index contributed by atoms with van der Waals surface area (Å²) in [6.45, 7) is 0. The molecule has 1 heterocycles. The lowest BCUT2D eigenvalue weighted by Crippen LogP contribution is -2.13. The van der Waals surface area contributed by atoms with Crippen molar-refractivity contribution in [2.45, 2.75) is 6.18 Å². The smallest absolute Gasteiger partial charge is 0.205 e. The van der Waals surface area contributed by atoms with Crippen molar-refractivity contribution in [2.24, 2.45) is 0 Å². The Morgan fingerprint density at radius 1 is 0.850 bits per heavy atom. The van der Waals surface area contributed by atoms with Gasteiger partial charge in [-0.05, 0) is 6.07 Å². The van der Waals surface area contributed by atoms with Gasteiger partial charge in [-0.2, -0.15) is 13.2 Å². The highest BCUT2D eigenvalue weighted by molar-refractivity contribution is 7.25. The fraction of sp³-hybridized carbons (Fsp3) is 0.0769. The average Bonchev–Trinajstić information content (AvgIpc) is 2.74. The third kappa shape index (κ3) is 1.69. The molecule has 20 heavy (non-hydrogen) atoms. The van der Waals surface area contributed by atoms with Crippen molar-refractivity contribution in [3.8, 4) is 0 Å². The summed E-state index contributed by atoms with van der Waals surface area (Å²) in [7, 11) is 0.